The maximum Gasteiger partial charge on any atom is 0.336 e. The van der Waals surface area contributed by atoms with Crippen LogP contribution in [0.4, 0.5) is 22.0 Å². The summed E-state index contributed by atoms with van der Waals surface area (Å²) in [6.45, 7) is 3.41. The number of ether oxygens (including phenoxy) is 1. The quantitative estimate of drug-likeness (QED) is 0.333. The number of rotatable bonds is 6. The molecule has 3 N–H and O–H groups in total. The molecule has 1 unspecified atom stereocenters. The summed E-state index contributed by atoms with van der Waals surface area (Å²) in [5.41, 5.74) is 6.02. The van der Waals surface area contributed by atoms with Crippen molar-refractivity contribution in [1.29, 1.82) is 0 Å². The van der Waals surface area contributed by atoms with E-state index in [1.807, 2.05) is 35.8 Å². The molecule has 0 spiro atoms. The average molecular weight is 507 g/mol. The van der Waals surface area contributed by atoms with E-state index in [0.29, 0.717) is 53.0 Å². The lowest BCUT2D eigenvalue weighted by atomic mass is 10.1. The Morgan fingerprint density at radius 3 is 2.78 bits per heavy atom. The van der Waals surface area contributed by atoms with Crippen molar-refractivity contribution in [2.45, 2.75) is 32.4 Å². The molecule has 10 nitrogen and oxygen atoms in total. The van der Waals surface area contributed by atoms with Crippen LogP contribution in [0.1, 0.15) is 31.6 Å². The number of nitrogens with zero attached hydrogens (tertiary/aromatic N) is 5. The molecule has 0 saturated carbocycles. The Morgan fingerprint density at radius 1 is 1.19 bits per heavy atom. The lowest BCUT2D eigenvalue weighted by Gasteiger charge is -2.35. The fourth-order valence-corrected chi connectivity index (χ4v) is 4.37. The van der Waals surface area contributed by atoms with Crippen LogP contribution in [-0.2, 0) is 6.54 Å². The summed E-state index contributed by atoms with van der Waals surface area (Å²) >= 11 is 6.19. The van der Waals surface area contributed by atoms with Crippen molar-refractivity contribution in [2.24, 2.45) is 0 Å². The summed E-state index contributed by atoms with van der Waals surface area (Å²) in [6.07, 6.45) is 3.34. The van der Waals surface area contributed by atoms with Gasteiger partial charge in [0.25, 0.3) is 0 Å². The van der Waals surface area contributed by atoms with Gasteiger partial charge in [-0.2, -0.15) is 0 Å². The Hall–Kier alpha value is -3.89. The van der Waals surface area contributed by atoms with Crippen LogP contribution in [0.5, 0.6) is 5.75 Å². The number of nitrogens with one attached hydrogen (secondary N) is 3. The summed E-state index contributed by atoms with van der Waals surface area (Å²) < 4.78 is 7.16. The summed E-state index contributed by atoms with van der Waals surface area (Å²) in [5, 5.41) is 8.47. The fraction of sp³-hybridized carbons (Fsp3) is 0.280. The number of imidazole rings is 1. The average Bonchev–Trinajstić information content (AvgIpc) is 3.32. The van der Waals surface area contributed by atoms with Gasteiger partial charge >= 0.3 is 6.03 Å². The number of fused-ring (bicyclic) bond motifs is 1. The highest BCUT2D eigenvalue weighted by Gasteiger charge is 2.32. The first-order valence-electron chi connectivity index (χ1n) is 11.8. The number of methoxy groups -OCH3 is 1. The molecule has 1 aliphatic heterocycles. The van der Waals surface area contributed by atoms with Crippen molar-refractivity contribution < 1.29 is 9.53 Å². The van der Waals surface area contributed by atoms with Gasteiger partial charge in [-0.3, -0.25) is 0 Å². The van der Waals surface area contributed by atoms with Crippen LogP contribution in [0.3, 0.4) is 0 Å². The second kappa shape index (κ2) is 10.4. The van der Waals surface area contributed by atoms with Gasteiger partial charge in [0.15, 0.2) is 22.8 Å². The SMILES string of the molecule is CCn1cnc2c(Nc3cccc(Cl)c3)nc(C3CCCNN3C(=O)Nc3ccc(OC)cc3)nc21. The van der Waals surface area contributed by atoms with Crippen LogP contribution in [0.2, 0.25) is 5.02 Å². The number of anilines is 3. The maximum atomic E-state index is 13.3. The maximum absolute atomic E-state index is 13.3. The third kappa shape index (κ3) is 4.91. The smallest absolute Gasteiger partial charge is 0.336 e. The van der Waals surface area contributed by atoms with E-state index in [9.17, 15) is 4.79 Å². The highest BCUT2D eigenvalue weighted by Crippen LogP contribution is 2.31. The van der Waals surface area contributed by atoms with Crippen molar-refractivity contribution >= 4 is 46.0 Å². The Kier molecular flexibility index (Phi) is 6.88. The molecule has 0 aliphatic carbocycles. The molecule has 2 aromatic heterocycles. The number of urea groups is 1. The number of benzene rings is 2. The van der Waals surface area contributed by atoms with Gasteiger partial charge in [-0.1, -0.05) is 17.7 Å². The minimum atomic E-state index is -0.374. The van der Waals surface area contributed by atoms with Gasteiger partial charge < -0.3 is 19.9 Å². The van der Waals surface area contributed by atoms with Gasteiger partial charge in [0.2, 0.25) is 0 Å². The molecule has 4 aromatic rings. The number of hydrogen-bond acceptors (Lipinski definition) is 7. The number of amides is 2. The number of aryl methyl sites for hydroxylation is 1. The number of hydrazine groups is 1. The Morgan fingerprint density at radius 2 is 2.03 bits per heavy atom. The minimum absolute atomic E-state index is 0.290. The molecule has 1 aliphatic rings. The van der Waals surface area contributed by atoms with Crippen molar-refractivity contribution in [3.63, 3.8) is 0 Å². The molecule has 11 heteroatoms. The molecule has 2 amide bonds. The molecule has 5 rings (SSSR count). The largest absolute Gasteiger partial charge is 0.497 e. The van der Waals surface area contributed by atoms with Gasteiger partial charge in [0, 0.05) is 29.5 Å². The summed E-state index contributed by atoms with van der Waals surface area (Å²) in [7, 11) is 1.60. The predicted octanol–water partition coefficient (Wildman–Crippen LogP) is 5.13. The van der Waals surface area contributed by atoms with Crippen LogP contribution >= 0.6 is 11.6 Å². The van der Waals surface area contributed by atoms with Crippen molar-refractivity contribution in [1.82, 2.24) is 30.0 Å². The van der Waals surface area contributed by atoms with Gasteiger partial charge in [-0.25, -0.2) is 30.2 Å². The molecular weight excluding hydrogens is 480 g/mol. The molecule has 1 atom stereocenters. The van der Waals surface area contributed by atoms with Crippen molar-refractivity contribution in [3.8, 4) is 5.75 Å². The second-order valence-electron chi connectivity index (χ2n) is 8.36. The molecular formula is C25H27ClN8O2. The zero-order valence-electron chi connectivity index (χ0n) is 20.0. The van der Waals surface area contributed by atoms with Gasteiger partial charge in [-0.15, -0.1) is 0 Å². The first-order chi connectivity index (χ1) is 17.6. The van der Waals surface area contributed by atoms with Crippen LogP contribution < -0.4 is 20.8 Å². The van der Waals surface area contributed by atoms with E-state index in [1.165, 1.54) is 0 Å². The van der Waals surface area contributed by atoms with Crippen LogP contribution in [0.25, 0.3) is 11.2 Å². The third-order valence-electron chi connectivity index (χ3n) is 6.02. The van der Waals surface area contributed by atoms with Crippen LogP contribution in [0, 0.1) is 0 Å². The second-order valence-corrected chi connectivity index (χ2v) is 8.80. The van der Waals surface area contributed by atoms with E-state index in [1.54, 1.807) is 42.7 Å². The van der Waals surface area contributed by atoms with E-state index in [4.69, 9.17) is 26.3 Å². The van der Waals surface area contributed by atoms with E-state index in [-0.39, 0.29) is 12.1 Å². The monoisotopic (exact) mass is 506 g/mol. The Balaban J connectivity index is 1.48. The molecule has 36 heavy (non-hydrogen) atoms. The van der Waals surface area contributed by atoms with Gasteiger partial charge in [0.1, 0.15) is 11.8 Å². The van der Waals surface area contributed by atoms with E-state index in [0.717, 1.165) is 17.9 Å². The van der Waals surface area contributed by atoms with Crippen molar-refractivity contribution in [3.05, 3.63) is 65.7 Å². The number of carbonyl (C=O) groups is 1. The lowest BCUT2D eigenvalue weighted by molar-refractivity contribution is 0.115. The van der Waals surface area contributed by atoms with E-state index >= 15 is 0 Å². The summed E-state index contributed by atoms with van der Waals surface area (Å²) in [4.78, 5) is 27.5. The molecule has 0 bridgehead atoms. The summed E-state index contributed by atoms with van der Waals surface area (Å²) in [6, 6.07) is 13.9. The number of aromatic nitrogens is 4. The molecule has 0 radical (unpaired) electrons. The fourth-order valence-electron chi connectivity index (χ4n) is 4.18. The van der Waals surface area contributed by atoms with E-state index in [2.05, 4.69) is 21.0 Å². The Labute approximate surface area is 213 Å². The first-order valence-corrected chi connectivity index (χ1v) is 12.2. The topological polar surface area (TPSA) is 109 Å². The van der Waals surface area contributed by atoms with Crippen molar-refractivity contribution in [2.75, 3.05) is 24.3 Å². The van der Waals surface area contributed by atoms with Crippen LogP contribution in [0.15, 0.2) is 54.9 Å². The standard InChI is InChI=1S/C25H27ClN8O2/c1-3-33-15-27-21-23(29-18-7-4-6-16(26)14-18)31-22(32-24(21)33)20-8-5-13-28-34(20)25(35)30-17-9-11-19(36-2)12-10-17/h4,6-7,9-12,14-15,20,28H,3,5,8,13H2,1-2H3,(H,30,35)(H,29,31,32). The zero-order valence-corrected chi connectivity index (χ0v) is 20.8. The van der Waals surface area contributed by atoms with E-state index < -0.39 is 0 Å². The molecule has 2 aromatic carbocycles. The molecule has 1 saturated heterocycles. The number of hydrogen-bond donors (Lipinski definition) is 3. The Bertz CT molecular complexity index is 1370. The first kappa shape index (κ1) is 23.8. The van der Waals surface area contributed by atoms with Crippen LogP contribution in [-0.4, -0.2) is 44.2 Å². The molecule has 1 fully saturated rings. The summed E-state index contributed by atoms with van der Waals surface area (Å²) in [5.74, 6) is 1.81. The minimum Gasteiger partial charge on any atom is -0.497 e. The number of carbonyl (C=O) groups excluding carboxylic acids is 1. The van der Waals surface area contributed by atoms with Gasteiger partial charge in [0.05, 0.1) is 13.4 Å². The number of halogens is 1. The predicted molar refractivity (Wildman–Crippen MR) is 140 cm³/mol. The highest BCUT2D eigenvalue weighted by atomic mass is 35.5. The van der Waals surface area contributed by atoms with Gasteiger partial charge in [-0.05, 0) is 62.2 Å². The normalized spacial score (nSPS) is 15.6. The molecule has 3 heterocycles. The lowest BCUT2D eigenvalue weighted by Crippen LogP contribution is -2.51. The molecule has 186 valence electrons. The third-order valence-corrected chi connectivity index (χ3v) is 6.25. The highest BCUT2D eigenvalue weighted by molar-refractivity contribution is 6.30. The zero-order chi connectivity index (χ0) is 25.1.